The first kappa shape index (κ1) is 22.0. The third-order valence-electron chi connectivity index (χ3n) is 4.13. The first-order valence-electron chi connectivity index (χ1n) is 8.67. The fourth-order valence-electron chi connectivity index (χ4n) is 2.80. The van der Waals surface area contributed by atoms with Crippen LogP contribution in [0.1, 0.15) is 11.1 Å². The first-order chi connectivity index (χ1) is 14.3. The minimum absolute atomic E-state index is 0.0879. The topological polar surface area (TPSA) is 95.8 Å². The van der Waals surface area contributed by atoms with Crippen LogP contribution in [0.15, 0.2) is 76.7 Å². The molecule has 30 heavy (non-hydrogen) atoms. The van der Waals surface area contributed by atoms with Crippen molar-refractivity contribution >= 4 is 45.4 Å². The summed E-state index contributed by atoms with van der Waals surface area (Å²) in [6.07, 6.45) is 1.60. The predicted molar refractivity (Wildman–Crippen MR) is 118 cm³/mol. The zero-order valence-corrected chi connectivity index (χ0v) is 17.7. The summed E-state index contributed by atoms with van der Waals surface area (Å²) in [5, 5.41) is 3.90. The molecule has 3 rings (SSSR count). The molecule has 0 heterocycles. The van der Waals surface area contributed by atoms with E-state index >= 15 is 0 Å². The number of nitrogens with one attached hydrogen (secondary N) is 1. The Bertz CT molecular complexity index is 1210. The number of benzene rings is 3. The van der Waals surface area contributed by atoms with Crippen LogP contribution in [0.4, 0.5) is 0 Å². The third kappa shape index (κ3) is 5.46. The maximum Gasteiger partial charge on any atom is 0.296 e. The van der Waals surface area contributed by atoms with Crippen molar-refractivity contribution in [3.8, 4) is 11.1 Å². The zero-order chi connectivity index (χ0) is 21.7. The lowest BCUT2D eigenvalue weighted by molar-refractivity contribution is -0.120. The molecule has 154 valence electrons. The molecule has 3 aromatic rings. The smallest absolute Gasteiger partial charge is 0.282 e. The molecule has 0 atom stereocenters. The van der Waals surface area contributed by atoms with Gasteiger partial charge in [-0.15, -0.1) is 0 Å². The highest BCUT2D eigenvalue weighted by atomic mass is 35.5. The van der Waals surface area contributed by atoms with Gasteiger partial charge in [0.05, 0.1) is 17.7 Å². The molecule has 6 nitrogen and oxygen atoms in total. The number of halogens is 2. The molecule has 1 amide bonds. The van der Waals surface area contributed by atoms with E-state index in [4.69, 9.17) is 23.2 Å². The molecule has 0 aliphatic rings. The number of amides is 1. The highest BCUT2D eigenvalue weighted by molar-refractivity contribution is 7.86. The van der Waals surface area contributed by atoms with Crippen molar-refractivity contribution in [1.29, 1.82) is 0 Å². The van der Waals surface area contributed by atoms with E-state index in [9.17, 15) is 17.8 Å². The van der Waals surface area contributed by atoms with Gasteiger partial charge in [0.25, 0.3) is 10.1 Å². The Hall–Kier alpha value is -2.71. The second kappa shape index (κ2) is 9.40. The van der Waals surface area contributed by atoms with Crippen LogP contribution in [-0.4, -0.2) is 25.1 Å². The third-order valence-corrected chi connectivity index (χ3v) is 5.75. The van der Waals surface area contributed by atoms with E-state index < -0.39 is 15.0 Å². The van der Waals surface area contributed by atoms with Gasteiger partial charge in [0.15, 0.2) is 0 Å². The van der Waals surface area contributed by atoms with Crippen molar-refractivity contribution in [2.24, 2.45) is 5.10 Å². The van der Waals surface area contributed by atoms with Crippen molar-refractivity contribution in [2.75, 3.05) is 0 Å². The van der Waals surface area contributed by atoms with Gasteiger partial charge in [-0.1, -0.05) is 77.8 Å². The van der Waals surface area contributed by atoms with E-state index in [1.54, 1.807) is 24.3 Å². The molecular formula is C21H16Cl2N2O4S. The quantitative estimate of drug-likeness (QED) is 0.317. The van der Waals surface area contributed by atoms with Gasteiger partial charge in [0.1, 0.15) is 4.90 Å². The highest BCUT2D eigenvalue weighted by Gasteiger charge is 2.20. The molecule has 0 aromatic heterocycles. The monoisotopic (exact) mass is 462 g/mol. The van der Waals surface area contributed by atoms with E-state index in [1.807, 2.05) is 30.3 Å². The molecule has 2 N–H and O–H groups in total. The first-order valence-corrected chi connectivity index (χ1v) is 10.9. The summed E-state index contributed by atoms with van der Waals surface area (Å²) in [4.78, 5) is 11.6. The van der Waals surface area contributed by atoms with E-state index in [0.29, 0.717) is 16.7 Å². The van der Waals surface area contributed by atoms with Crippen LogP contribution in [-0.2, 0) is 21.3 Å². The van der Waals surface area contributed by atoms with Crippen molar-refractivity contribution in [2.45, 2.75) is 11.3 Å². The molecule has 0 saturated heterocycles. The Morgan fingerprint density at radius 3 is 2.37 bits per heavy atom. The van der Waals surface area contributed by atoms with Crippen molar-refractivity contribution in [3.63, 3.8) is 0 Å². The standard InChI is InChI=1S/C21H16Cl2N2O4S/c22-16-11-18(21(23)19(12-16)30(27,28)29)17-9-5-4-8-15(17)13-24-25-20(26)10-14-6-2-1-3-7-14/h1-9,11-13H,10H2,(H,25,26)(H,27,28,29)/b24-13+. The van der Waals surface area contributed by atoms with Gasteiger partial charge >= 0.3 is 0 Å². The Morgan fingerprint density at radius 2 is 1.67 bits per heavy atom. The van der Waals surface area contributed by atoms with Crippen LogP contribution in [0.3, 0.4) is 0 Å². The van der Waals surface area contributed by atoms with Crippen molar-refractivity contribution in [1.82, 2.24) is 5.43 Å². The molecule has 0 aliphatic heterocycles. The highest BCUT2D eigenvalue weighted by Crippen LogP contribution is 2.37. The Balaban J connectivity index is 1.88. The van der Waals surface area contributed by atoms with Crippen LogP contribution < -0.4 is 5.43 Å². The van der Waals surface area contributed by atoms with Crippen LogP contribution >= 0.6 is 23.2 Å². The molecule has 0 radical (unpaired) electrons. The van der Waals surface area contributed by atoms with E-state index in [2.05, 4.69) is 10.5 Å². The normalized spacial score (nSPS) is 11.6. The number of carbonyl (C=O) groups is 1. The second-order valence-electron chi connectivity index (χ2n) is 6.28. The molecule has 9 heteroatoms. The average molecular weight is 463 g/mol. The maximum atomic E-state index is 12.1. The van der Waals surface area contributed by atoms with E-state index in [0.717, 1.165) is 11.6 Å². The Labute approximate surface area is 183 Å². The summed E-state index contributed by atoms with van der Waals surface area (Å²) >= 11 is 12.3. The molecule has 0 saturated carbocycles. The van der Waals surface area contributed by atoms with Gasteiger partial charge in [-0.05, 0) is 23.3 Å². The van der Waals surface area contributed by atoms with Gasteiger partial charge in [0.2, 0.25) is 5.91 Å². The lowest BCUT2D eigenvalue weighted by atomic mass is 10.0. The summed E-state index contributed by atoms with van der Waals surface area (Å²) in [6.45, 7) is 0. The number of rotatable bonds is 6. The number of hydrogen-bond donors (Lipinski definition) is 2. The SMILES string of the molecule is O=C(Cc1ccccc1)N/N=C/c1ccccc1-c1cc(Cl)cc(S(=O)(=O)O)c1Cl. The van der Waals surface area contributed by atoms with Crippen LogP contribution in [0.5, 0.6) is 0 Å². The summed E-state index contributed by atoms with van der Waals surface area (Å²) < 4.78 is 32.6. The van der Waals surface area contributed by atoms with E-state index in [-0.39, 0.29) is 22.4 Å². The van der Waals surface area contributed by atoms with Gasteiger partial charge in [0, 0.05) is 16.1 Å². The minimum atomic E-state index is -4.56. The van der Waals surface area contributed by atoms with Gasteiger partial charge in [-0.2, -0.15) is 13.5 Å². The fraction of sp³-hybridized carbons (Fsp3) is 0.0476. The maximum absolute atomic E-state index is 12.1. The number of carbonyl (C=O) groups excluding carboxylic acids is 1. The lowest BCUT2D eigenvalue weighted by Crippen LogP contribution is -2.19. The predicted octanol–water partition coefficient (Wildman–Crippen LogP) is 4.60. The van der Waals surface area contributed by atoms with Crippen LogP contribution in [0.25, 0.3) is 11.1 Å². The van der Waals surface area contributed by atoms with Gasteiger partial charge < -0.3 is 0 Å². The summed E-state index contributed by atoms with van der Waals surface area (Å²) in [6, 6.07) is 18.7. The Kier molecular flexibility index (Phi) is 6.89. The zero-order valence-electron chi connectivity index (χ0n) is 15.4. The molecule has 0 bridgehead atoms. The van der Waals surface area contributed by atoms with Crippen LogP contribution in [0, 0.1) is 0 Å². The van der Waals surface area contributed by atoms with Gasteiger partial charge in [-0.3, -0.25) is 9.35 Å². The van der Waals surface area contributed by atoms with Crippen molar-refractivity contribution < 1.29 is 17.8 Å². The average Bonchev–Trinajstić information content (AvgIpc) is 2.70. The molecule has 0 spiro atoms. The van der Waals surface area contributed by atoms with Crippen molar-refractivity contribution in [3.05, 3.63) is 87.9 Å². The Morgan fingerprint density at radius 1 is 1.00 bits per heavy atom. The fourth-order valence-corrected chi connectivity index (χ4v) is 4.20. The van der Waals surface area contributed by atoms with Gasteiger partial charge in [-0.25, -0.2) is 5.43 Å². The number of nitrogens with zero attached hydrogens (tertiary/aromatic N) is 1. The molecule has 0 fully saturated rings. The number of hydrogen-bond acceptors (Lipinski definition) is 4. The second-order valence-corrected chi connectivity index (χ2v) is 8.49. The van der Waals surface area contributed by atoms with E-state index in [1.165, 1.54) is 12.3 Å². The summed E-state index contributed by atoms with van der Waals surface area (Å²) in [5.74, 6) is -0.288. The molecule has 0 aliphatic carbocycles. The summed E-state index contributed by atoms with van der Waals surface area (Å²) in [7, 11) is -4.56. The lowest BCUT2D eigenvalue weighted by Gasteiger charge is -2.11. The van der Waals surface area contributed by atoms with Crippen LogP contribution in [0.2, 0.25) is 10.0 Å². The minimum Gasteiger partial charge on any atom is -0.282 e. The molecule has 0 unspecified atom stereocenters. The number of hydrazone groups is 1. The molecular weight excluding hydrogens is 447 g/mol. The molecule has 3 aromatic carbocycles. The largest absolute Gasteiger partial charge is 0.296 e. The summed E-state index contributed by atoms with van der Waals surface area (Å²) in [5.41, 5.74) is 4.69.